The van der Waals surface area contributed by atoms with Crippen molar-refractivity contribution in [1.29, 1.82) is 5.26 Å². The monoisotopic (exact) mass is 413 g/mol. The van der Waals surface area contributed by atoms with Gasteiger partial charge in [0.25, 0.3) is 0 Å². The molecular formula is C18H24INO2. The number of halogens is 1. The summed E-state index contributed by atoms with van der Waals surface area (Å²) in [5.74, 6) is -0.200. The fraction of sp³-hybridized carbons (Fsp3) is 0.556. The molecule has 1 atom stereocenters. The van der Waals surface area contributed by atoms with E-state index in [0.29, 0.717) is 0 Å². The molecule has 22 heavy (non-hydrogen) atoms. The number of esters is 1. The molecule has 0 N–H and O–H groups in total. The van der Waals surface area contributed by atoms with Crippen LogP contribution in [0.2, 0.25) is 0 Å². The van der Waals surface area contributed by atoms with Crippen molar-refractivity contribution in [2.45, 2.75) is 51.9 Å². The molecule has 3 nitrogen and oxygen atoms in total. The zero-order valence-electron chi connectivity index (χ0n) is 13.8. The molecule has 0 radical (unpaired) electrons. The molecule has 0 saturated heterocycles. The summed E-state index contributed by atoms with van der Waals surface area (Å²) < 4.78 is 6.14. The van der Waals surface area contributed by atoms with E-state index in [1.165, 1.54) is 7.11 Å². The highest BCUT2D eigenvalue weighted by atomic mass is 127. The lowest BCUT2D eigenvalue weighted by atomic mass is 9.77. The Labute approximate surface area is 147 Å². The van der Waals surface area contributed by atoms with Crippen LogP contribution in [0.4, 0.5) is 0 Å². The zero-order valence-corrected chi connectivity index (χ0v) is 15.9. The highest BCUT2D eigenvalue weighted by Gasteiger charge is 2.36. The minimum atomic E-state index is -0.632. The van der Waals surface area contributed by atoms with Gasteiger partial charge >= 0.3 is 5.97 Å². The third-order valence-electron chi connectivity index (χ3n) is 4.13. The standard InChI is InChI=1S/C18H24INO2/c1-17(2,13-20)10-5-6-11-18(3,16(21)22-4)14-8-7-9-15(19)12-14/h7-9,12H,5-6,10-11H2,1-4H3. The predicted molar refractivity (Wildman–Crippen MR) is 96.4 cm³/mol. The minimum absolute atomic E-state index is 0.200. The Balaban J connectivity index is 2.82. The number of methoxy groups -OCH3 is 1. The van der Waals surface area contributed by atoms with Crippen molar-refractivity contribution in [2.75, 3.05) is 7.11 Å². The van der Waals surface area contributed by atoms with Crippen LogP contribution in [0, 0.1) is 20.3 Å². The van der Waals surface area contributed by atoms with Crippen LogP contribution < -0.4 is 0 Å². The van der Waals surface area contributed by atoms with E-state index in [4.69, 9.17) is 10.00 Å². The van der Waals surface area contributed by atoms with Gasteiger partial charge in [-0.2, -0.15) is 5.26 Å². The van der Waals surface area contributed by atoms with Crippen LogP contribution >= 0.6 is 22.6 Å². The Morgan fingerprint density at radius 1 is 1.27 bits per heavy atom. The molecule has 0 aliphatic carbocycles. The van der Waals surface area contributed by atoms with Crippen LogP contribution in [0.25, 0.3) is 0 Å². The van der Waals surface area contributed by atoms with Crippen LogP contribution in [0.15, 0.2) is 24.3 Å². The second-order valence-electron chi connectivity index (χ2n) is 6.54. The second-order valence-corrected chi connectivity index (χ2v) is 7.78. The van der Waals surface area contributed by atoms with E-state index in [1.807, 2.05) is 45.0 Å². The van der Waals surface area contributed by atoms with E-state index in [2.05, 4.69) is 28.7 Å². The molecule has 1 aromatic carbocycles. The van der Waals surface area contributed by atoms with Gasteiger partial charge < -0.3 is 4.74 Å². The first-order chi connectivity index (χ1) is 10.2. The molecule has 0 spiro atoms. The summed E-state index contributed by atoms with van der Waals surface area (Å²) in [4.78, 5) is 12.3. The van der Waals surface area contributed by atoms with E-state index >= 15 is 0 Å². The number of carbonyl (C=O) groups is 1. The number of hydrogen-bond acceptors (Lipinski definition) is 3. The maximum atomic E-state index is 12.3. The van der Waals surface area contributed by atoms with Crippen LogP contribution in [0.1, 0.15) is 52.0 Å². The molecule has 0 aliphatic rings. The summed E-state index contributed by atoms with van der Waals surface area (Å²) in [7, 11) is 1.44. The largest absolute Gasteiger partial charge is 0.468 e. The maximum absolute atomic E-state index is 12.3. The molecule has 0 saturated carbocycles. The molecular weight excluding hydrogens is 389 g/mol. The van der Waals surface area contributed by atoms with Gasteiger partial charge in [-0.15, -0.1) is 0 Å². The van der Waals surface area contributed by atoms with Gasteiger partial charge in [-0.3, -0.25) is 4.79 Å². The van der Waals surface area contributed by atoms with Crippen molar-refractivity contribution in [1.82, 2.24) is 0 Å². The van der Waals surface area contributed by atoms with Crippen molar-refractivity contribution in [3.8, 4) is 6.07 Å². The fourth-order valence-electron chi connectivity index (χ4n) is 2.52. The number of hydrogen-bond donors (Lipinski definition) is 0. The smallest absolute Gasteiger partial charge is 0.315 e. The van der Waals surface area contributed by atoms with Crippen molar-refractivity contribution in [2.24, 2.45) is 5.41 Å². The Kier molecular flexibility index (Phi) is 6.86. The van der Waals surface area contributed by atoms with Gasteiger partial charge in [-0.05, 0) is 73.9 Å². The quantitative estimate of drug-likeness (QED) is 0.366. The number of unbranched alkanes of at least 4 members (excludes halogenated alkanes) is 1. The van der Waals surface area contributed by atoms with E-state index in [0.717, 1.165) is 34.8 Å². The number of benzene rings is 1. The van der Waals surface area contributed by atoms with Gasteiger partial charge in [0.2, 0.25) is 0 Å². The third-order valence-corrected chi connectivity index (χ3v) is 4.80. The average Bonchev–Trinajstić information content (AvgIpc) is 2.50. The fourth-order valence-corrected chi connectivity index (χ4v) is 3.07. The minimum Gasteiger partial charge on any atom is -0.468 e. The zero-order chi connectivity index (χ0) is 16.8. The molecule has 0 heterocycles. The summed E-state index contributed by atoms with van der Waals surface area (Å²) in [6, 6.07) is 10.3. The van der Waals surface area contributed by atoms with Crippen molar-refractivity contribution < 1.29 is 9.53 Å². The van der Waals surface area contributed by atoms with Crippen molar-refractivity contribution >= 4 is 28.6 Å². The summed E-state index contributed by atoms with van der Waals surface area (Å²) in [6.07, 6.45) is 3.38. The van der Waals surface area contributed by atoms with Crippen LogP contribution in [0.5, 0.6) is 0 Å². The summed E-state index contributed by atoms with van der Waals surface area (Å²) in [6.45, 7) is 5.85. The van der Waals surface area contributed by atoms with Gasteiger partial charge in [0.1, 0.15) is 0 Å². The van der Waals surface area contributed by atoms with E-state index in [-0.39, 0.29) is 11.4 Å². The highest BCUT2D eigenvalue weighted by molar-refractivity contribution is 14.1. The van der Waals surface area contributed by atoms with Crippen molar-refractivity contribution in [3.63, 3.8) is 0 Å². The lowest BCUT2D eigenvalue weighted by Gasteiger charge is -2.28. The van der Waals surface area contributed by atoms with Gasteiger partial charge in [-0.25, -0.2) is 0 Å². The van der Waals surface area contributed by atoms with E-state index in [9.17, 15) is 4.79 Å². The number of carbonyl (C=O) groups excluding carboxylic acids is 1. The first-order valence-corrected chi connectivity index (χ1v) is 8.59. The lowest BCUT2D eigenvalue weighted by Crippen LogP contribution is -2.34. The maximum Gasteiger partial charge on any atom is 0.315 e. The molecule has 0 fully saturated rings. The van der Waals surface area contributed by atoms with Crippen LogP contribution in [-0.4, -0.2) is 13.1 Å². The normalized spacial score (nSPS) is 14.0. The summed E-state index contributed by atoms with van der Waals surface area (Å²) in [5, 5.41) is 9.06. The van der Waals surface area contributed by atoms with E-state index in [1.54, 1.807) is 0 Å². The SMILES string of the molecule is COC(=O)C(C)(CCCCC(C)(C)C#N)c1cccc(I)c1. The highest BCUT2D eigenvalue weighted by Crippen LogP contribution is 2.33. The molecule has 4 heteroatoms. The predicted octanol–water partition coefficient (Wildman–Crippen LogP) is 4.83. The van der Waals surface area contributed by atoms with Gasteiger partial charge in [-0.1, -0.05) is 25.0 Å². The Morgan fingerprint density at radius 3 is 2.45 bits per heavy atom. The summed E-state index contributed by atoms with van der Waals surface area (Å²) >= 11 is 2.25. The Bertz CT molecular complexity index is 562. The van der Waals surface area contributed by atoms with E-state index < -0.39 is 5.41 Å². The van der Waals surface area contributed by atoms with Crippen LogP contribution in [0.3, 0.4) is 0 Å². The number of ether oxygens (including phenoxy) is 1. The number of nitriles is 1. The average molecular weight is 413 g/mol. The Morgan fingerprint density at radius 2 is 1.91 bits per heavy atom. The van der Waals surface area contributed by atoms with Gasteiger partial charge in [0, 0.05) is 3.57 Å². The molecule has 0 bridgehead atoms. The molecule has 0 amide bonds. The number of nitrogens with zero attached hydrogens (tertiary/aromatic N) is 1. The molecule has 0 aliphatic heterocycles. The first-order valence-electron chi connectivity index (χ1n) is 7.51. The third kappa shape index (κ3) is 4.98. The van der Waals surface area contributed by atoms with Crippen LogP contribution in [-0.2, 0) is 14.9 Å². The summed E-state index contributed by atoms with van der Waals surface area (Å²) in [5.41, 5.74) is 0.0575. The Hall–Kier alpha value is -1.09. The van der Waals surface area contributed by atoms with Gasteiger partial charge in [0.15, 0.2) is 0 Å². The number of rotatable bonds is 7. The van der Waals surface area contributed by atoms with Gasteiger partial charge in [0.05, 0.1) is 24.0 Å². The first kappa shape index (κ1) is 19.0. The molecule has 1 aromatic rings. The molecule has 1 unspecified atom stereocenters. The molecule has 120 valence electrons. The topological polar surface area (TPSA) is 50.1 Å². The van der Waals surface area contributed by atoms with Crippen molar-refractivity contribution in [3.05, 3.63) is 33.4 Å². The second kappa shape index (κ2) is 7.96. The molecule has 0 aromatic heterocycles. The molecule has 1 rings (SSSR count). The lowest BCUT2D eigenvalue weighted by molar-refractivity contribution is -0.147.